The van der Waals surface area contributed by atoms with Crippen molar-refractivity contribution in [3.63, 3.8) is 0 Å². The molecule has 0 radical (unpaired) electrons. The predicted octanol–water partition coefficient (Wildman–Crippen LogP) is 2.52. The Kier molecular flexibility index (Phi) is 2.90. The summed E-state index contributed by atoms with van der Waals surface area (Å²) in [5.74, 6) is 0.203. The molecule has 1 saturated heterocycles. The second kappa shape index (κ2) is 4.20. The Labute approximate surface area is 121 Å². The van der Waals surface area contributed by atoms with Crippen molar-refractivity contribution in [3.05, 3.63) is 26.8 Å². The molecule has 4 heteroatoms. The lowest BCUT2D eigenvalue weighted by Gasteiger charge is -2.36. The van der Waals surface area contributed by atoms with Crippen molar-refractivity contribution in [1.82, 2.24) is 4.90 Å². The molecule has 1 spiro atoms. The molecule has 2 aliphatic rings. The third-order valence-corrected chi connectivity index (χ3v) is 5.75. The number of rotatable bonds is 0. The number of fused-ring (bicyclic) bond motifs is 2. The molecule has 2 aliphatic heterocycles. The number of hydrogen-bond donors (Lipinski definition) is 1. The number of aryl methyl sites for hydroxylation is 1. The molecule has 0 unspecified atom stereocenters. The summed E-state index contributed by atoms with van der Waals surface area (Å²) in [7, 11) is 2.12. The van der Waals surface area contributed by atoms with Crippen LogP contribution in [-0.4, -0.2) is 30.9 Å². The van der Waals surface area contributed by atoms with Crippen LogP contribution < -0.4 is 5.32 Å². The van der Waals surface area contributed by atoms with Crippen LogP contribution in [0.5, 0.6) is 0 Å². The van der Waals surface area contributed by atoms with Crippen LogP contribution in [0.2, 0.25) is 0 Å². The zero-order valence-corrected chi connectivity index (χ0v) is 12.9. The van der Waals surface area contributed by atoms with Gasteiger partial charge >= 0.3 is 0 Å². The third kappa shape index (κ3) is 1.61. The highest BCUT2D eigenvalue weighted by molar-refractivity contribution is 14.1. The summed E-state index contributed by atoms with van der Waals surface area (Å²) in [5, 5.41) is 3.12. The van der Waals surface area contributed by atoms with Gasteiger partial charge in [0.25, 0.3) is 0 Å². The molecule has 1 aromatic carbocycles. The average molecular weight is 356 g/mol. The third-order valence-electron chi connectivity index (χ3n) is 4.36. The van der Waals surface area contributed by atoms with Crippen molar-refractivity contribution < 1.29 is 4.79 Å². The molecule has 1 N–H and O–H groups in total. The molecule has 0 bridgehead atoms. The van der Waals surface area contributed by atoms with Crippen LogP contribution in [0.4, 0.5) is 5.69 Å². The molecule has 0 aromatic heterocycles. The van der Waals surface area contributed by atoms with E-state index in [-0.39, 0.29) is 11.3 Å². The van der Waals surface area contributed by atoms with E-state index < -0.39 is 0 Å². The minimum Gasteiger partial charge on any atom is -0.324 e. The van der Waals surface area contributed by atoms with Crippen LogP contribution in [0.3, 0.4) is 0 Å². The number of likely N-dealkylation sites (tertiary alicyclic amines) is 1. The molecule has 0 saturated carbocycles. The first kappa shape index (κ1) is 12.4. The molecule has 0 atom stereocenters. The molecule has 1 aromatic rings. The maximum atomic E-state index is 12.4. The highest BCUT2D eigenvalue weighted by atomic mass is 127. The summed E-state index contributed by atoms with van der Waals surface area (Å²) in [6.45, 7) is 4.09. The van der Waals surface area contributed by atoms with E-state index in [0.717, 1.165) is 31.6 Å². The van der Waals surface area contributed by atoms with Crippen molar-refractivity contribution in [1.29, 1.82) is 0 Å². The largest absolute Gasteiger partial charge is 0.324 e. The van der Waals surface area contributed by atoms with Crippen LogP contribution in [0, 0.1) is 10.5 Å². The van der Waals surface area contributed by atoms with Gasteiger partial charge in [0.15, 0.2) is 0 Å². The number of nitrogens with one attached hydrogen (secondary N) is 1. The summed E-state index contributed by atoms with van der Waals surface area (Å²) in [6.07, 6.45) is 1.86. The van der Waals surface area contributed by atoms with Gasteiger partial charge in [-0.1, -0.05) is 12.1 Å². The molecule has 1 amide bonds. The second-order valence-corrected chi connectivity index (χ2v) is 6.54. The van der Waals surface area contributed by atoms with Gasteiger partial charge in [0.1, 0.15) is 0 Å². The summed E-state index contributed by atoms with van der Waals surface area (Å²) in [6, 6.07) is 4.29. The molecular weight excluding hydrogens is 339 g/mol. The number of carbonyl (C=O) groups is 1. The molecule has 96 valence electrons. The monoisotopic (exact) mass is 356 g/mol. The maximum absolute atomic E-state index is 12.4. The molecule has 3 rings (SSSR count). The Morgan fingerprint density at radius 1 is 1.33 bits per heavy atom. The minimum absolute atomic E-state index is 0.203. The number of halogens is 1. The molecule has 2 heterocycles. The van der Waals surface area contributed by atoms with Gasteiger partial charge < -0.3 is 10.2 Å². The Balaban J connectivity index is 2.10. The summed E-state index contributed by atoms with van der Waals surface area (Å²) >= 11 is 2.34. The number of benzene rings is 1. The van der Waals surface area contributed by atoms with Crippen molar-refractivity contribution in [3.8, 4) is 0 Å². The van der Waals surface area contributed by atoms with E-state index in [2.05, 4.69) is 58.9 Å². The van der Waals surface area contributed by atoms with Crippen LogP contribution in [0.25, 0.3) is 0 Å². The van der Waals surface area contributed by atoms with Crippen LogP contribution in [0.1, 0.15) is 24.0 Å². The van der Waals surface area contributed by atoms with Gasteiger partial charge in [-0.3, -0.25) is 4.79 Å². The summed E-state index contributed by atoms with van der Waals surface area (Å²) in [4.78, 5) is 14.7. The van der Waals surface area contributed by atoms with Crippen LogP contribution in [0.15, 0.2) is 12.1 Å². The highest BCUT2D eigenvalue weighted by Gasteiger charge is 2.48. The number of hydrogen-bond acceptors (Lipinski definition) is 2. The quantitative estimate of drug-likeness (QED) is 0.725. The maximum Gasteiger partial charge on any atom is 0.235 e. The van der Waals surface area contributed by atoms with Crippen molar-refractivity contribution in [2.24, 2.45) is 0 Å². The smallest absolute Gasteiger partial charge is 0.235 e. The highest BCUT2D eigenvalue weighted by Crippen LogP contribution is 2.46. The van der Waals surface area contributed by atoms with E-state index in [1.807, 2.05) is 0 Å². The van der Waals surface area contributed by atoms with Gasteiger partial charge in [0, 0.05) is 3.57 Å². The first-order valence-electron chi connectivity index (χ1n) is 6.34. The second-order valence-electron chi connectivity index (χ2n) is 5.46. The molecule has 3 nitrogen and oxygen atoms in total. The van der Waals surface area contributed by atoms with Gasteiger partial charge in [-0.2, -0.15) is 0 Å². The first-order chi connectivity index (χ1) is 8.54. The van der Waals surface area contributed by atoms with E-state index >= 15 is 0 Å². The predicted molar refractivity (Wildman–Crippen MR) is 80.9 cm³/mol. The molecule has 1 fully saturated rings. The molecule has 0 aliphatic carbocycles. The van der Waals surface area contributed by atoms with Gasteiger partial charge in [-0.05, 0) is 73.6 Å². The lowest BCUT2D eigenvalue weighted by Crippen LogP contribution is -2.45. The van der Waals surface area contributed by atoms with E-state index in [1.54, 1.807) is 0 Å². The van der Waals surface area contributed by atoms with Crippen molar-refractivity contribution in [2.75, 3.05) is 25.5 Å². The lowest BCUT2D eigenvalue weighted by molar-refractivity contribution is -0.122. The Hall–Kier alpha value is -0.620. The summed E-state index contributed by atoms with van der Waals surface area (Å²) < 4.78 is 1.19. The zero-order valence-electron chi connectivity index (χ0n) is 10.7. The zero-order chi connectivity index (χ0) is 12.9. The number of amides is 1. The number of piperidine rings is 1. The molecular formula is C14H17IN2O. The van der Waals surface area contributed by atoms with Gasteiger partial charge in [-0.15, -0.1) is 0 Å². The minimum atomic E-state index is -0.268. The fourth-order valence-corrected chi connectivity index (χ4v) is 3.66. The number of anilines is 1. The van der Waals surface area contributed by atoms with E-state index in [9.17, 15) is 4.79 Å². The van der Waals surface area contributed by atoms with Gasteiger partial charge in [0.2, 0.25) is 5.91 Å². The number of nitrogens with zero attached hydrogens (tertiary/aromatic N) is 1. The first-order valence-corrected chi connectivity index (χ1v) is 7.42. The summed E-state index contributed by atoms with van der Waals surface area (Å²) in [5.41, 5.74) is 3.25. The van der Waals surface area contributed by atoms with Crippen molar-refractivity contribution >= 4 is 34.2 Å². The van der Waals surface area contributed by atoms with Gasteiger partial charge in [0.05, 0.1) is 11.1 Å². The van der Waals surface area contributed by atoms with E-state index in [0.29, 0.717) is 0 Å². The fraction of sp³-hybridized carbons (Fsp3) is 0.500. The Morgan fingerprint density at radius 3 is 2.67 bits per heavy atom. The van der Waals surface area contributed by atoms with Gasteiger partial charge in [-0.25, -0.2) is 0 Å². The molecule has 18 heavy (non-hydrogen) atoms. The fourth-order valence-electron chi connectivity index (χ4n) is 3.05. The normalized spacial score (nSPS) is 22.1. The van der Waals surface area contributed by atoms with E-state index in [4.69, 9.17) is 0 Å². The van der Waals surface area contributed by atoms with Crippen LogP contribution in [-0.2, 0) is 10.2 Å². The topological polar surface area (TPSA) is 32.3 Å². The standard InChI is InChI=1S/C14H17IN2O/c1-9-3-4-10-12(11(9)15)16-13(18)14(10)5-7-17(2)8-6-14/h3-4H,5-8H2,1-2H3,(H,16,18). The average Bonchev–Trinajstić information content (AvgIpc) is 2.63. The van der Waals surface area contributed by atoms with Crippen molar-refractivity contribution in [2.45, 2.75) is 25.2 Å². The van der Waals surface area contributed by atoms with E-state index in [1.165, 1.54) is 14.7 Å². The Bertz CT molecular complexity index is 519. The Morgan fingerprint density at radius 2 is 2.00 bits per heavy atom. The van der Waals surface area contributed by atoms with Crippen LogP contribution >= 0.6 is 22.6 Å². The SMILES string of the molecule is Cc1ccc2c(c1I)NC(=O)C21CCN(C)CC1. The number of carbonyl (C=O) groups excluding carboxylic acids is 1. The lowest BCUT2D eigenvalue weighted by atomic mass is 9.73.